The number of benzene rings is 2. The van der Waals surface area contributed by atoms with Crippen molar-refractivity contribution in [1.29, 1.82) is 0 Å². The number of halogens is 3. The summed E-state index contributed by atoms with van der Waals surface area (Å²) in [6.07, 6.45) is -3.57. The van der Waals surface area contributed by atoms with Crippen LogP contribution < -0.4 is 14.7 Å². The molecule has 0 atom stereocenters. The molecule has 1 aliphatic heterocycles. The Kier molecular flexibility index (Phi) is 6.11. The molecular formula is C19H17F3N3O5-. The third kappa shape index (κ3) is 4.62. The minimum absolute atomic E-state index is 0.0170. The molecule has 0 saturated carbocycles. The highest BCUT2D eigenvalue weighted by molar-refractivity contribution is 5.89. The molecule has 1 saturated heterocycles. The SMILES string of the molecule is COc1cc([N+](=O)[O-])cc(C=Nc2cc(C(F)(F)F)ccc2N2CCOCC2)c1[O-]. The molecule has 1 heterocycles. The first-order valence-electron chi connectivity index (χ1n) is 8.82. The van der Waals surface area contributed by atoms with Crippen LogP contribution in [0.4, 0.5) is 30.2 Å². The topological polar surface area (TPSA) is 100 Å². The van der Waals surface area contributed by atoms with Crippen LogP contribution in [-0.2, 0) is 10.9 Å². The number of rotatable bonds is 5. The van der Waals surface area contributed by atoms with Crippen LogP contribution in [0, 0.1) is 10.1 Å². The summed E-state index contributed by atoms with van der Waals surface area (Å²) in [5.41, 5.74) is -1.05. The maximum absolute atomic E-state index is 13.2. The van der Waals surface area contributed by atoms with E-state index < -0.39 is 28.1 Å². The van der Waals surface area contributed by atoms with Crippen molar-refractivity contribution in [1.82, 2.24) is 0 Å². The number of alkyl halides is 3. The van der Waals surface area contributed by atoms with Gasteiger partial charge in [-0.15, -0.1) is 0 Å². The van der Waals surface area contributed by atoms with Gasteiger partial charge in [0.15, 0.2) is 0 Å². The smallest absolute Gasteiger partial charge is 0.416 e. The lowest BCUT2D eigenvalue weighted by atomic mass is 10.1. The van der Waals surface area contributed by atoms with Gasteiger partial charge in [0, 0.05) is 25.4 Å². The number of nitrogens with zero attached hydrogens (tertiary/aromatic N) is 3. The van der Waals surface area contributed by atoms with Gasteiger partial charge in [-0.1, -0.05) is 5.75 Å². The number of hydrogen-bond donors (Lipinski definition) is 0. The van der Waals surface area contributed by atoms with Crippen LogP contribution in [0.3, 0.4) is 0 Å². The van der Waals surface area contributed by atoms with E-state index in [0.29, 0.717) is 32.0 Å². The van der Waals surface area contributed by atoms with E-state index >= 15 is 0 Å². The zero-order valence-electron chi connectivity index (χ0n) is 15.8. The lowest BCUT2D eigenvalue weighted by Crippen LogP contribution is -2.36. The molecule has 1 fully saturated rings. The molecule has 2 aromatic rings. The molecule has 0 aromatic heterocycles. The molecule has 1 aliphatic rings. The Labute approximate surface area is 169 Å². The van der Waals surface area contributed by atoms with Crippen molar-refractivity contribution in [2.24, 2.45) is 4.99 Å². The Morgan fingerprint density at radius 1 is 1.23 bits per heavy atom. The molecule has 0 radical (unpaired) electrons. The first-order chi connectivity index (χ1) is 14.2. The van der Waals surface area contributed by atoms with Gasteiger partial charge in [0.05, 0.1) is 48.3 Å². The van der Waals surface area contributed by atoms with Crippen LogP contribution in [0.1, 0.15) is 11.1 Å². The lowest BCUT2D eigenvalue weighted by Gasteiger charge is -2.30. The molecule has 0 spiro atoms. The maximum Gasteiger partial charge on any atom is 0.416 e. The van der Waals surface area contributed by atoms with Gasteiger partial charge in [-0.05, 0) is 23.8 Å². The third-order valence-corrected chi connectivity index (χ3v) is 4.50. The first-order valence-corrected chi connectivity index (χ1v) is 8.82. The largest absolute Gasteiger partial charge is 0.870 e. The summed E-state index contributed by atoms with van der Waals surface area (Å²) < 4.78 is 49.7. The minimum atomic E-state index is -4.58. The number of aliphatic imine (C=N–C) groups is 1. The maximum atomic E-state index is 13.2. The average molecular weight is 424 g/mol. The molecule has 2 aromatic carbocycles. The summed E-state index contributed by atoms with van der Waals surface area (Å²) in [7, 11) is 1.19. The predicted molar refractivity (Wildman–Crippen MR) is 101 cm³/mol. The Morgan fingerprint density at radius 3 is 2.53 bits per heavy atom. The molecule has 30 heavy (non-hydrogen) atoms. The van der Waals surface area contributed by atoms with E-state index in [4.69, 9.17) is 9.47 Å². The summed E-state index contributed by atoms with van der Waals surface area (Å²) in [5.74, 6) is -0.921. The zero-order chi connectivity index (χ0) is 21.9. The number of ether oxygens (including phenoxy) is 2. The number of non-ortho nitro benzene ring substituents is 1. The van der Waals surface area contributed by atoms with Gasteiger partial charge >= 0.3 is 6.18 Å². The molecule has 0 aliphatic carbocycles. The summed E-state index contributed by atoms with van der Waals surface area (Å²) in [6, 6.07) is 5.12. The summed E-state index contributed by atoms with van der Waals surface area (Å²) in [4.78, 5) is 16.3. The first kappa shape index (κ1) is 21.4. The number of hydrogen-bond acceptors (Lipinski definition) is 7. The van der Waals surface area contributed by atoms with E-state index in [2.05, 4.69) is 4.99 Å². The fourth-order valence-electron chi connectivity index (χ4n) is 2.98. The van der Waals surface area contributed by atoms with Crippen molar-refractivity contribution in [2.45, 2.75) is 6.18 Å². The fraction of sp³-hybridized carbons (Fsp3) is 0.316. The van der Waals surface area contributed by atoms with E-state index in [1.807, 2.05) is 4.90 Å². The second kappa shape index (κ2) is 8.57. The van der Waals surface area contributed by atoms with Gasteiger partial charge in [-0.25, -0.2) is 0 Å². The summed E-state index contributed by atoms with van der Waals surface area (Å²) in [5, 5.41) is 23.4. The molecule has 3 rings (SSSR count). The van der Waals surface area contributed by atoms with Gasteiger partial charge in [0.1, 0.15) is 5.75 Å². The van der Waals surface area contributed by atoms with Gasteiger partial charge in [0.2, 0.25) is 0 Å². The van der Waals surface area contributed by atoms with E-state index in [-0.39, 0.29) is 17.0 Å². The van der Waals surface area contributed by atoms with E-state index in [1.54, 1.807) is 0 Å². The predicted octanol–water partition coefficient (Wildman–Crippen LogP) is 3.28. The Morgan fingerprint density at radius 2 is 1.93 bits per heavy atom. The minimum Gasteiger partial charge on any atom is -0.870 e. The van der Waals surface area contributed by atoms with Crippen molar-refractivity contribution in [3.05, 3.63) is 51.6 Å². The van der Waals surface area contributed by atoms with E-state index in [0.717, 1.165) is 30.5 Å². The molecule has 0 amide bonds. The van der Waals surface area contributed by atoms with Crippen LogP contribution in [-0.4, -0.2) is 44.6 Å². The second-order valence-corrected chi connectivity index (χ2v) is 6.38. The van der Waals surface area contributed by atoms with E-state index in [9.17, 15) is 28.4 Å². The lowest BCUT2D eigenvalue weighted by molar-refractivity contribution is -0.385. The number of morpholine rings is 1. The Balaban J connectivity index is 2.07. The zero-order valence-corrected chi connectivity index (χ0v) is 15.8. The van der Waals surface area contributed by atoms with Crippen LogP contribution in [0.15, 0.2) is 35.3 Å². The van der Waals surface area contributed by atoms with Crippen molar-refractivity contribution in [3.63, 3.8) is 0 Å². The number of methoxy groups -OCH3 is 1. The van der Waals surface area contributed by atoms with Gasteiger partial charge in [-0.2, -0.15) is 13.2 Å². The van der Waals surface area contributed by atoms with Gasteiger partial charge in [0.25, 0.3) is 5.69 Å². The molecule has 160 valence electrons. The van der Waals surface area contributed by atoms with Gasteiger partial charge in [-0.3, -0.25) is 15.1 Å². The normalized spacial score (nSPS) is 14.9. The fourth-order valence-corrected chi connectivity index (χ4v) is 2.98. The molecule has 0 bridgehead atoms. The van der Waals surface area contributed by atoms with Crippen molar-refractivity contribution < 1.29 is 32.7 Å². The van der Waals surface area contributed by atoms with Crippen molar-refractivity contribution in [2.75, 3.05) is 38.3 Å². The third-order valence-electron chi connectivity index (χ3n) is 4.50. The van der Waals surface area contributed by atoms with Crippen LogP contribution in [0.2, 0.25) is 0 Å². The van der Waals surface area contributed by atoms with Crippen LogP contribution in [0.5, 0.6) is 11.5 Å². The summed E-state index contributed by atoms with van der Waals surface area (Å²) >= 11 is 0. The monoisotopic (exact) mass is 424 g/mol. The number of nitro benzene ring substituents is 1. The Hall–Kier alpha value is -3.34. The quantitative estimate of drug-likeness (QED) is 0.415. The highest BCUT2D eigenvalue weighted by Crippen LogP contribution is 2.38. The number of nitro groups is 1. The van der Waals surface area contributed by atoms with Crippen molar-refractivity contribution in [3.8, 4) is 11.5 Å². The molecule has 8 nitrogen and oxygen atoms in total. The van der Waals surface area contributed by atoms with Crippen LogP contribution in [0.25, 0.3) is 0 Å². The number of anilines is 1. The molecule has 0 unspecified atom stereocenters. The molecule has 0 N–H and O–H groups in total. The highest BCUT2D eigenvalue weighted by atomic mass is 19.4. The highest BCUT2D eigenvalue weighted by Gasteiger charge is 2.31. The van der Waals surface area contributed by atoms with E-state index in [1.165, 1.54) is 13.2 Å². The van der Waals surface area contributed by atoms with Gasteiger partial charge < -0.3 is 19.5 Å². The average Bonchev–Trinajstić information content (AvgIpc) is 2.72. The molecular weight excluding hydrogens is 407 g/mol. The molecule has 11 heteroatoms. The second-order valence-electron chi connectivity index (χ2n) is 6.38. The van der Waals surface area contributed by atoms with Crippen LogP contribution >= 0.6 is 0 Å². The van der Waals surface area contributed by atoms with Crippen molar-refractivity contribution >= 4 is 23.3 Å². The summed E-state index contributed by atoms with van der Waals surface area (Å²) in [6.45, 7) is 1.75. The Bertz CT molecular complexity index is 973. The standard InChI is InChI=1S/C19H18F3N3O5/c1-29-17-10-14(25(27)28)8-12(18(17)26)11-23-15-9-13(19(20,21)22)2-3-16(15)24-4-6-30-7-5-24/h2-3,8-11,26H,4-7H2,1H3/p-1.